The normalized spacial score (nSPS) is 24.7. The van der Waals surface area contributed by atoms with E-state index < -0.39 is 4.92 Å². The molecule has 0 bridgehead atoms. The Kier molecular flexibility index (Phi) is 4.38. The SMILES string of the molecule is O=C(Cc1ccc([N+](=O)[O-])cc1)N[C@@H]1CCN2CCCC[C@@H]12. The highest BCUT2D eigenvalue weighted by atomic mass is 16.6. The Morgan fingerprint density at radius 2 is 2.00 bits per heavy atom. The molecule has 0 spiro atoms. The quantitative estimate of drug-likeness (QED) is 0.680. The minimum absolute atomic E-state index is 0.00581. The summed E-state index contributed by atoms with van der Waals surface area (Å²) in [7, 11) is 0. The molecule has 1 amide bonds. The van der Waals surface area contributed by atoms with Gasteiger partial charge in [0.2, 0.25) is 5.91 Å². The van der Waals surface area contributed by atoms with Crippen molar-refractivity contribution < 1.29 is 9.72 Å². The molecule has 0 saturated carbocycles. The van der Waals surface area contributed by atoms with Gasteiger partial charge in [-0.05, 0) is 31.4 Å². The lowest BCUT2D eigenvalue weighted by molar-refractivity contribution is -0.384. The van der Waals surface area contributed by atoms with Crippen LogP contribution in [0.3, 0.4) is 0 Å². The Labute approximate surface area is 129 Å². The third-order valence-corrected chi connectivity index (χ3v) is 4.71. The highest BCUT2D eigenvalue weighted by Gasteiger charge is 2.36. The molecule has 0 aromatic heterocycles. The summed E-state index contributed by atoms with van der Waals surface area (Å²) in [4.78, 5) is 24.9. The predicted octanol–water partition coefficient (Wildman–Crippen LogP) is 1.88. The summed E-state index contributed by atoms with van der Waals surface area (Å²) >= 11 is 0. The molecule has 2 aliphatic heterocycles. The number of fused-ring (bicyclic) bond motifs is 1. The molecule has 22 heavy (non-hydrogen) atoms. The zero-order valence-electron chi connectivity index (χ0n) is 12.5. The largest absolute Gasteiger partial charge is 0.351 e. The maximum Gasteiger partial charge on any atom is 0.269 e. The predicted molar refractivity (Wildman–Crippen MR) is 82.6 cm³/mol. The molecule has 2 saturated heterocycles. The van der Waals surface area contributed by atoms with E-state index in [4.69, 9.17) is 0 Å². The van der Waals surface area contributed by atoms with E-state index in [0.29, 0.717) is 6.04 Å². The number of carbonyl (C=O) groups excluding carboxylic acids is 1. The van der Waals surface area contributed by atoms with Crippen molar-refractivity contribution >= 4 is 11.6 Å². The first-order valence-electron chi connectivity index (χ1n) is 7.90. The molecule has 118 valence electrons. The Morgan fingerprint density at radius 1 is 1.23 bits per heavy atom. The molecule has 3 rings (SSSR count). The van der Waals surface area contributed by atoms with Crippen LogP contribution in [0.5, 0.6) is 0 Å². The van der Waals surface area contributed by atoms with Gasteiger partial charge in [-0.1, -0.05) is 18.6 Å². The van der Waals surface area contributed by atoms with Gasteiger partial charge in [0.1, 0.15) is 0 Å². The molecule has 6 nitrogen and oxygen atoms in total. The Hall–Kier alpha value is -1.95. The van der Waals surface area contributed by atoms with Crippen LogP contribution in [0.4, 0.5) is 5.69 Å². The van der Waals surface area contributed by atoms with Gasteiger partial charge in [-0.3, -0.25) is 19.8 Å². The molecule has 2 heterocycles. The van der Waals surface area contributed by atoms with Gasteiger partial charge < -0.3 is 5.32 Å². The maximum atomic E-state index is 12.2. The molecule has 2 aliphatic rings. The summed E-state index contributed by atoms with van der Waals surface area (Å²) in [5.74, 6) is 0.00581. The molecule has 1 N–H and O–H groups in total. The second kappa shape index (κ2) is 6.44. The molecule has 2 atom stereocenters. The van der Waals surface area contributed by atoms with E-state index in [9.17, 15) is 14.9 Å². The summed E-state index contributed by atoms with van der Waals surface area (Å²) in [5.41, 5.74) is 0.861. The summed E-state index contributed by atoms with van der Waals surface area (Å²) in [6, 6.07) is 6.95. The molecule has 6 heteroatoms. The van der Waals surface area contributed by atoms with Gasteiger partial charge >= 0.3 is 0 Å². The molecule has 1 aromatic rings. The van der Waals surface area contributed by atoms with Gasteiger partial charge in [0.25, 0.3) is 5.69 Å². The van der Waals surface area contributed by atoms with Crippen molar-refractivity contribution in [3.05, 3.63) is 39.9 Å². The average molecular weight is 303 g/mol. The van der Waals surface area contributed by atoms with Gasteiger partial charge in [-0.25, -0.2) is 0 Å². The lowest BCUT2D eigenvalue weighted by atomic mass is 9.99. The number of hydrogen-bond acceptors (Lipinski definition) is 4. The monoisotopic (exact) mass is 303 g/mol. The fourth-order valence-corrected chi connectivity index (χ4v) is 3.59. The van der Waals surface area contributed by atoms with Crippen molar-refractivity contribution in [2.75, 3.05) is 13.1 Å². The minimum atomic E-state index is -0.431. The van der Waals surface area contributed by atoms with Crippen LogP contribution in [0.2, 0.25) is 0 Å². The van der Waals surface area contributed by atoms with Crippen LogP contribution in [0.1, 0.15) is 31.2 Å². The highest BCUT2D eigenvalue weighted by molar-refractivity contribution is 5.79. The van der Waals surface area contributed by atoms with Crippen molar-refractivity contribution in [2.45, 2.75) is 44.2 Å². The number of amides is 1. The molecule has 0 aliphatic carbocycles. The molecule has 0 unspecified atom stereocenters. The number of nitrogens with zero attached hydrogens (tertiary/aromatic N) is 2. The zero-order chi connectivity index (χ0) is 15.5. The fraction of sp³-hybridized carbons (Fsp3) is 0.562. The molecule has 2 fully saturated rings. The number of hydrogen-bond donors (Lipinski definition) is 1. The summed E-state index contributed by atoms with van der Waals surface area (Å²) in [5, 5.41) is 13.8. The van der Waals surface area contributed by atoms with Crippen LogP contribution < -0.4 is 5.32 Å². The number of nitro benzene ring substituents is 1. The fourth-order valence-electron chi connectivity index (χ4n) is 3.59. The molecular formula is C16H21N3O3. The standard InChI is InChI=1S/C16H21N3O3/c20-16(11-12-4-6-13(7-5-12)19(21)22)17-14-8-10-18-9-2-1-3-15(14)18/h4-7,14-15H,1-3,8-11H2,(H,17,20)/t14-,15+/m1/s1. The highest BCUT2D eigenvalue weighted by Crippen LogP contribution is 2.27. The number of nitrogens with one attached hydrogen (secondary N) is 1. The third-order valence-electron chi connectivity index (χ3n) is 4.71. The van der Waals surface area contributed by atoms with E-state index in [1.165, 1.54) is 31.4 Å². The first-order valence-corrected chi connectivity index (χ1v) is 7.90. The van der Waals surface area contributed by atoms with Crippen molar-refractivity contribution in [1.82, 2.24) is 10.2 Å². The van der Waals surface area contributed by atoms with Gasteiger partial charge in [0, 0.05) is 30.8 Å². The maximum absolute atomic E-state index is 12.2. The number of rotatable bonds is 4. The zero-order valence-corrected chi connectivity index (χ0v) is 12.5. The van der Waals surface area contributed by atoms with Crippen LogP contribution >= 0.6 is 0 Å². The minimum Gasteiger partial charge on any atom is -0.351 e. The lowest BCUT2D eigenvalue weighted by Crippen LogP contribution is -2.47. The van der Waals surface area contributed by atoms with Gasteiger partial charge in [0.15, 0.2) is 0 Å². The smallest absolute Gasteiger partial charge is 0.269 e. The van der Waals surface area contributed by atoms with Crippen molar-refractivity contribution in [1.29, 1.82) is 0 Å². The number of non-ortho nitro benzene ring substituents is 1. The number of piperidine rings is 1. The summed E-state index contributed by atoms with van der Waals surface area (Å²) < 4.78 is 0. The summed E-state index contributed by atoms with van der Waals surface area (Å²) in [6.45, 7) is 2.23. The van der Waals surface area contributed by atoms with E-state index >= 15 is 0 Å². The molecule has 0 radical (unpaired) electrons. The van der Waals surface area contributed by atoms with E-state index in [-0.39, 0.29) is 24.1 Å². The van der Waals surface area contributed by atoms with E-state index in [1.807, 2.05) is 0 Å². The first kappa shape index (κ1) is 15.0. The van der Waals surface area contributed by atoms with Gasteiger partial charge in [-0.2, -0.15) is 0 Å². The number of carbonyl (C=O) groups is 1. The van der Waals surface area contributed by atoms with Gasteiger partial charge in [0.05, 0.1) is 11.3 Å². The Balaban J connectivity index is 1.55. The molecular weight excluding hydrogens is 282 g/mol. The van der Waals surface area contributed by atoms with Crippen LogP contribution in [-0.4, -0.2) is 40.9 Å². The average Bonchev–Trinajstić information content (AvgIpc) is 2.91. The van der Waals surface area contributed by atoms with Crippen LogP contribution in [-0.2, 0) is 11.2 Å². The number of nitro groups is 1. The second-order valence-corrected chi connectivity index (χ2v) is 6.16. The van der Waals surface area contributed by atoms with Crippen LogP contribution in [0.15, 0.2) is 24.3 Å². The Morgan fingerprint density at radius 3 is 2.73 bits per heavy atom. The topological polar surface area (TPSA) is 75.5 Å². The van der Waals surface area contributed by atoms with E-state index in [0.717, 1.165) is 25.1 Å². The first-order chi connectivity index (χ1) is 10.6. The van der Waals surface area contributed by atoms with Crippen molar-refractivity contribution in [3.8, 4) is 0 Å². The van der Waals surface area contributed by atoms with Crippen molar-refractivity contribution in [3.63, 3.8) is 0 Å². The van der Waals surface area contributed by atoms with E-state index in [1.54, 1.807) is 12.1 Å². The van der Waals surface area contributed by atoms with E-state index in [2.05, 4.69) is 10.2 Å². The number of benzene rings is 1. The second-order valence-electron chi connectivity index (χ2n) is 6.16. The van der Waals surface area contributed by atoms with Crippen molar-refractivity contribution in [2.24, 2.45) is 0 Å². The van der Waals surface area contributed by atoms with Gasteiger partial charge in [-0.15, -0.1) is 0 Å². The lowest BCUT2D eigenvalue weighted by Gasteiger charge is -2.32. The summed E-state index contributed by atoms with van der Waals surface area (Å²) in [6.07, 6.45) is 4.98. The molecule has 1 aromatic carbocycles. The third kappa shape index (κ3) is 3.27. The van der Waals surface area contributed by atoms with Crippen LogP contribution in [0.25, 0.3) is 0 Å². The Bertz CT molecular complexity index is 558. The van der Waals surface area contributed by atoms with Crippen LogP contribution in [0, 0.1) is 10.1 Å².